The van der Waals surface area contributed by atoms with Gasteiger partial charge in [-0.25, -0.2) is 0 Å². The predicted octanol–water partition coefficient (Wildman–Crippen LogP) is 2.57. The molecule has 1 aromatic carbocycles. The number of piperazine rings is 1. The van der Waals surface area contributed by atoms with Crippen LogP contribution in [0.5, 0.6) is 0 Å². The van der Waals surface area contributed by atoms with Crippen LogP contribution in [-0.4, -0.2) is 89.1 Å². The van der Waals surface area contributed by atoms with Crippen LogP contribution in [0.15, 0.2) is 35.3 Å². The molecule has 2 aliphatic rings. The van der Waals surface area contributed by atoms with Crippen LogP contribution < -0.4 is 15.5 Å². The Hall–Kier alpha value is -1.10. The Morgan fingerprint density at radius 1 is 1.19 bits per heavy atom. The molecular weight excluding hydrogens is 505 g/mol. The number of ether oxygens (including phenoxy) is 2. The highest BCUT2D eigenvalue weighted by Crippen LogP contribution is 2.16. The van der Waals surface area contributed by atoms with Crippen LogP contribution >= 0.6 is 24.0 Å². The SMILES string of the molecule is CN=C(NCCCOCC1CCCO1)NCC(C)N1CCN(c2ccccc2)CC1.I. The number of halogens is 1. The maximum absolute atomic E-state index is 5.72. The number of nitrogens with zero attached hydrogens (tertiary/aromatic N) is 3. The lowest BCUT2D eigenvalue weighted by molar-refractivity contribution is 0.0168. The minimum absolute atomic E-state index is 0. The van der Waals surface area contributed by atoms with Gasteiger partial charge in [-0.15, -0.1) is 24.0 Å². The Morgan fingerprint density at radius 3 is 2.65 bits per heavy atom. The van der Waals surface area contributed by atoms with Gasteiger partial charge in [0.1, 0.15) is 0 Å². The average molecular weight is 546 g/mol. The molecule has 2 fully saturated rings. The molecule has 2 saturated heterocycles. The molecule has 176 valence electrons. The molecule has 1 aromatic rings. The summed E-state index contributed by atoms with van der Waals surface area (Å²) in [7, 11) is 1.83. The highest BCUT2D eigenvalue weighted by Gasteiger charge is 2.21. The number of hydrogen-bond acceptors (Lipinski definition) is 5. The number of benzene rings is 1. The highest BCUT2D eigenvalue weighted by atomic mass is 127. The first-order chi connectivity index (χ1) is 14.8. The Labute approximate surface area is 205 Å². The fourth-order valence-corrected chi connectivity index (χ4v) is 4.03. The number of hydrogen-bond donors (Lipinski definition) is 2. The summed E-state index contributed by atoms with van der Waals surface area (Å²) in [5, 5.41) is 6.85. The van der Waals surface area contributed by atoms with Gasteiger partial charge in [0.2, 0.25) is 0 Å². The maximum atomic E-state index is 5.72. The average Bonchev–Trinajstić information content (AvgIpc) is 3.32. The van der Waals surface area contributed by atoms with Crippen molar-refractivity contribution in [1.82, 2.24) is 15.5 Å². The summed E-state index contributed by atoms with van der Waals surface area (Å²) >= 11 is 0. The lowest BCUT2D eigenvalue weighted by Crippen LogP contribution is -2.53. The molecule has 0 radical (unpaired) electrons. The molecule has 0 amide bonds. The van der Waals surface area contributed by atoms with Crippen LogP contribution in [0, 0.1) is 0 Å². The summed E-state index contributed by atoms with van der Waals surface area (Å²) in [5.74, 6) is 0.865. The van der Waals surface area contributed by atoms with Crippen LogP contribution in [0.1, 0.15) is 26.2 Å². The molecule has 0 bridgehead atoms. The van der Waals surface area contributed by atoms with Crippen LogP contribution in [0.25, 0.3) is 0 Å². The summed E-state index contributed by atoms with van der Waals surface area (Å²) in [6.07, 6.45) is 3.57. The van der Waals surface area contributed by atoms with Crippen LogP contribution in [-0.2, 0) is 9.47 Å². The van der Waals surface area contributed by atoms with E-state index in [1.807, 2.05) is 7.05 Å². The van der Waals surface area contributed by atoms with Crippen LogP contribution in [0.3, 0.4) is 0 Å². The monoisotopic (exact) mass is 545 g/mol. The van der Waals surface area contributed by atoms with E-state index in [2.05, 4.69) is 62.7 Å². The fraction of sp³-hybridized carbons (Fsp3) is 0.696. The second-order valence-electron chi connectivity index (χ2n) is 8.15. The highest BCUT2D eigenvalue weighted by molar-refractivity contribution is 14.0. The van der Waals surface area contributed by atoms with Gasteiger partial charge in [0.15, 0.2) is 5.96 Å². The zero-order valence-electron chi connectivity index (χ0n) is 19.1. The van der Waals surface area contributed by atoms with E-state index in [0.29, 0.717) is 12.1 Å². The van der Waals surface area contributed by atoms with Gasteiger partial charge in [0.05, 0.1) is 12.7 Å². The number of para-hydroxylation sites is 1. The summed E-state index contributed by atoms with van der Waals surface area (Å²) < 4.78 is 11.3. The summed E-state index contributed by atoms with van der Waals surface area (Å²) in [6, 6.07) is 11.2. The van der Waals surface area contributed by atoms with E-state index in [0.717, 1.165) is 77.9 Å². The molecule has 7 nitrogen and oxygen atoms in total. The van der Waals surface area contributed by atoms with E-state index in [9.17, 15) is 0 Å². The molecule has 0 spiro atoms. The van der Waals surface area contributed by atoms with Gasteiger partial charge < -0.3 is 25.0 Å². The molecule has 2 atom stereocenters. The van der Waals surface area contributed by atoms with Gasteiger partial charge in [-0.2, -0.15) is 0 Å². The third-order valence-corrected chi connectivity index (χ3v) is 5.93. The number of guanidine groups is 1. The molecule has 8 heteroatoms. The van der Waals surface area contributed by atoms with Crippen molar-refractivity contribution in [1.29, 1.82) is 0 Å². The quantitative estimate of drug-likeness (QED) is 0.204. The van der Waals surface area contributed by atoms with Gasteiger partial charge in [-0.3, -0.25) is 9.89 Å². The first-order valence-corrected chi connectivity index (χ1v) is 11.4. The second-order valence-corrected chi connectivity index (χ2v) is 8.15. The Bertz CT molecular complexity index is 620. The minimum Gasteiger partial charge on any atom is -0.379 e. The Kier molecular flexibility index (Phi) is 12.5. The lowest BCUT2D eigenvalue weighted by Gasteiger charge is -2.39. The fourth-order valence-electron chi connectivity index (χ4n) is 4.03. The summed E-state index contributed by atoms with van der Waals surface area (Å²) in [4.78, 5) is 9.37. The first-order valence-electron chi connectivity index (χ1n) is 11.4. The molecule has 3 rings (SSSR count). The standard InChI is InChI=1S/C23H39N5O2.HI/c1-20(27-12-14-28(15-13-27)21-8-4-3-5-9-21)18-26-23(24-2)25-11-7-16-29-19-22-10-6-17-30-22;/h3-5,8-9,20,22H,6-7,10-19H2,1-2H3,(H2,24,25,26);1H. The third-order valence-electron chi connectivity index (χ3n) is 5.93. The van der Waals surface area contributed by atoms with Crippen molar-refractivity contribution < 1.29 is 9.47 Å². The molecule has 2 heterocycles. The minimum atomic E-state index is 0. The Morgan fingerprint density at radius 2 is 1.97 bits per heavy atom. The number of aliphatic imine (C=N–C) groups is 1. The molecule has 2 N–H and O–H groups in total. The molecule has 0 saturated carbocycles. The van der Waals surface area contributed by atoms with E-state index in [1.54, 1.807) is 0 Å². The van der Waals surface area contributed by atoms with Gasteiger partial charge >= 0.3 is 0 Å². The largest absolute Gasteiger partial charge is 0.379 e. The summed E-state index contributed by atoms with van der Waals surface area (Å²) in [5.41, 5.74) is 1.33. The Balaban J connectivity index is 0.00000341. The maximum Gasteiger partial charge on any atom is 0.191 e. The van der Waals surface area contributed by atoms with Crippen molar-refractivity contribution in [2.45, 2.75) is 38.3 Å². The summed E-state index contributed by atoms with van der Waals surface area (Å²) in [6.45, 7) is 10.7. The van der Waals surface area contributed by atoms with Crippen molar-refractivity contribution in [2.75, 3.05) is 71.0 Å². The van der Waals surface area contributed by atoms with E-state index in [4.69, 9.17) is 9.47 Å². The molecule has 0 aliphatic carbocycles. The molecule has 2 aliphatic heterocycles. The molecule has 0 aromatic heterocycles. The molecule has 2 unspecified atom stereocenters. The molecular formula is C23H40IN5O2. The topological polar surface area (TPSA) is 61.4 Å². The van der Waals surface area contributed by atoms with Gasteiger partial charge in [-0.05, 0) is 38.3 Å². The van der Waals surface area contributed by atoms with Crippen LogP contribution in [0.2, 0.25) is 0 Å². The van der Waals surface area contributed by atoms with Gasteiger partial charge in [-0.1, -0.05) is 18.2 Å². The van der Waals surface area contributed by atoms with Crippen molar-refractivity contribution in [2.24, 2.45) is 4.99 Å². The van der Waals surface area contributed by atoms with E-state index in [1.165, 1.54) is 12.1 Å². The third kappa shape index (κ3) is 9.11. The van der Waals surface area contributed by atoms with Gasteiger partial charge in [0.25, 0.3) is 0 Å². The van der Waals surface area contributed by atoms with Gasteiger partial charge in [0, 0.05) is 71.3 Å². The smallest absolute Gasteiger partial charge is 0.191 e. The number of rotatable bonds is 10. The van der Waals surface area contributed by atoms with E-state index in [-0.39, 0.29) is 24.0 Å². The normalized spacial score (nSPS) is 20.9. The number of nitrogens with one attached hydrogen (secondary N) is 2. The zero-order chi connectivity index (χ0) is 21.0. The van der Waals surface area contributed by atoms with Crippen molar-refractivity contribution in [3.8, 4) is 0 Å². The van der Waals surface area contributed by atoms with E-state index < -0.39 is 0 Å². The first kappa shape index (κ1) is 26.2. The van der Waals surface area contributed by atoms with Crippen molar-refractivity contribution >= 4 is 35.6 Å². The lowest BCUT2D eigenvalue weighted by atomic mass is 10.2. The van der Waals surface area contributed by atoms with Crippen LogP contribution in [0.4, 0.5) is 5.69 Å². The molecule has 31 heavy (non-hydrogen) atoms. The zero-order valence-corrected chi connectivity index (χ0v) is 21.4. The van der Waals surface area contributed by atoms with Crippen molar-refractivity contribution in [3.63, 3.8) is 0 Å². The predicted molar refractivity (Wildman–Crippen MR) is 139 cm³/mol. The van der Waals surface area contributed by atoms with E-state index >= 15 is 0 Å². The second kappa shape index (κ2) is 14.9. The number of anilines is 1. The van der Waals surface area contributed by atoms with Crippen molar-refractivity contribution in [3.05, 3.63) is 30.3 Å².